The Hall–Kier alpha value is -1.82. The van der Waals surface area contributed by atoms with Crippen LogP contribution < -0.4 is 11.3 Å². The fourth-order valence-electron chi connectivity index (χ4n) is 2.39. The molecule has 1 fully saturated rings. The van der Waals surface area contributed by atoms with Gasteiger partial charge in [-0.2, -0.15) is 0 Å². The van der Waals surface area contributed by atoms with Gasteiger partial charge in [-0.25, -0.2) is 5.84 Å². The number of aryl methyl sites for hydroxylation is 1. The Balaban J connectivity index is 2.08. The summed E-state index contributed by atoms with van der Waals surface area (Å²) in [6.45, 7) is 5.03. The lowest BCUT2D eigenvalue weighted by atomic mass is 10.1. The zero-order valence-electron chi connectivity index (χ0n) is 11.2. The molecule has 0 saturated carbocycles. The summed E-state index contributed by atoms with van der Waals surface area (Å²) >= 11 is 0. The van der Waals surface area contributed by atoms with Crippen LogP contribution in [0.3, 0.4) is 0 Å². The molecule has 1 atom stereocenters. The van der Waals surface area contributed by atoms with Crippen molar-refractivity contribution in [3.8, 4) is 0 Å². The Morgan fingerprint density at radius 2 is 2.37 bits per heavy atom. The smallest absolute Gasteiger partial charge is 0.301 e. The maximum absolute atomic E-state index is 11.8. The summed E-state index contributed by atoms with van der Waals surface area (Å²) < 4.78 is 5.46. The van der Waals surface area contributed by atoms with Gasteiger partial charge in [0.25, 0.3) is 0 Å². The molecule has 1 aromatic rings. The number of nitrogens with two attached hydrogens (primary N) is 1. The fraction of sp³-hybridized carbons (Fsp3) is 0.538. The predicted octanol–water partition coefficient (Wildman–Crippen LogP) is 0.950. The molecule has 1 saturated heterocycles. The minimum atomic E-state index is -0.456. The van der Waals surface area contributed by atoms with E-state index in [1.165, 1.54) is 0 Å². The van der Waals surface area contributed by atoms with Crippen LogP contribution in [-0.4, -0.2) is 23.3 Å². The number of rotatable bonds is 4. The topological polar surface area (TPSA) is 88.6 Å². The third kappa shape index (κ3) is 2.78. The van der Waals surface area contributed by atoms with Crippen LogP contribution in [-0.2, 0) is 11.3 Å². The summed E-state index contributed by atoms with van der Waals surface area (Å²) in [5.74, 6) is 6.01. The van der Waals surface area contributed by atoms with Gasteiger partial charge in [0.1, 0.15) is 5.76 Å². The van der Waals surface area contributed by atoms with Gasteiger partial charge in [-0.15, -0.1) is 0 Å². The van der Waals surface area contributed by atoms with E-state index in [0.29, 0.717) is 24.6 Å². The Morgan fingerprint density at radius 1 is 1.63 bits per heavy atom. The molecule has 0 radical (unpaired) electrons. The molecule has 3 N–H and O–H groups in total. The predicted molar refractivity (Wildman–Crippen MR) is 68.9 cm³/mol. The van der Waals surface area contributed by atoms with Crippen molar-refractivity contribution in [2.45, 2.75) is 33.2 Å². The van der Waals surface area contributed by atoms with E-state index in [-0.39, 0.29) is 11.7 Å². The highest BCUT2D eigenvalue weighted by molar-refractivity contribution is 5.92. The van der Waals surface area contributed by atoms with Crippen molar-refractivity contribution in [2.75, 3.05) is 6.54 Å². The molecule has 2 amide bonds. The van der Waals surface area contributed by atoms with Gasteiger partial charge in [0.2, 0.25) is 5.91 Å². The van der Waals surface area contributed by atoms with Crippen LogP contribution in [0, 0.1) is 12.8 Å². The van der Waals surface area contributed by atoms with Crippen molar-refractivity contribution in [2.24, 2.45) is 11.8 Å². The Labute approximate surface area is 111 Å². The van der Waals surface area contributed by atoms with Gasteiger partial charge in [0, 0.05) is 18.5 Å². The molecule has 0 bridgehead atoms. The van der Waals surface area contributed by atoms with Crippen LogP contribution in [0.2, 0.25) is 0 Å². The highest BCUT2D eigenvalue weighted by Gasteiger charge is 2.29. The molecule has 2 heterocycles. The first-order valence-electron chi connectivity index (χ1n) is 6.43. The first-order valence-corrected chi connectivity index (χ1v) is 6.43. The highest BCUT2D eigenvalue weighted by Crippen LogP contribution is 2.24. The van der Waals surface area contributed by atoms with Crippen molar-refractivity contribution >= 4 is 11.8 Å². The van der Waals surface area contributed by atoms with Gasteiger partial charge in [0.15, 0.2) is 5.76 Å². The lowest BCUT2D eigenvalue weighted by Gasteiger charge is -2.14. The second-order valence-corrected chi connectivity index (χ2v) is 4.95. The first kappa shape index (κ1) is 13.6. The summed E-state index contributed by atoms with van der Waals surface area (Å²) in [4.78, 5) is 25.0. The van der Waals surface area contributed by atoms with E-state index in [1.807, 2.05) is 5.43 Å². The van der Waals surface area contributed by atoms with Gasteiger partial charge in [-0.05, 0) is 18.9 Å². The molecule has 1 aromatic heterocycles. The zero-order valence-corrected chi connectivity index (χ0v) is 11.2. The maximum Gasteiger partial charge on any atom is 0.301 e. The molecule has 6 nitrogen and oxygen atoms in total. The molecular weight excluding hydrogens is 246 g/mol. The second-order valence-electron chi connectivity index (χ2n) is 4.95. The van der Waals surface area contributed by atoms with E-state index in [9.17, 15) is 9.59 Å². The normalized spacial score (nSPS) is 19.0. The lowest BCUT2D eigenvalue weighted by molar-refractivity contribution is -0.128. The van der Waals surface area contributed by atoms with Crippen LogP contribution in [0.4, 0.5) is 0 Å². The van der Waals surface area contributed by atoms with Crippen LogP contribution in [0.15, 0.2) is 10.5 Å². The number of carbonyl (C=O) groups excluding carboxylic acids is 2. The summed E-state index contributed by atoms with van der Waals surface area (Å²) in [7, 11) is 0. The number of nitrogens with one attached hydrogen (secondary N) is 1. The molecule has 19 heavy (non-hydrogen) atoms. The second kappa shape index (κ2) is 5.44. The van der Waals surface area contributed by atoms with E-state index in [1.54, 1.807) is 17.9 Å². The number of amides is 2. The SMILES string of the molecule is CCC1CC(=O)N(Cc2cc(C)c(C(=O)NN)o2)C1. The van der Waals surface area contributed by atoms with E-state index >= 15 is 0 Å². The Kier molecular flexibility index (Phi) is 3.90. The van der Waals surface area contributed by atoms with Crippen LogP contribution >= 0.6 is 0 Å². The maximum atomic E-state index is 11.8. The molecule has 0 aromatic carbocycles. The number of hydrazine groups is 1. The van der Waals surface area contributed by atoms with Gasteiger partial charge in [-0.1, -0.05) is 13.3 Å². The van der Waals surface area contributed by atoms with Crippen molar-refractivity contribution in [1.82, 2.24) is 10.3 Å². The summed E-state index contributed by atoms with van der Waals surface area (Å²) in [5, 5.41) is 0. The number of hydrogen-bond acceptors (Lipinski definition) is 4. The zero-order chi connectivity index (χ0) is 14.0. The van der Waals surface area contributed by atoms with E-state index in [4.69, 9.17) is 10.3 Å². The molecule has 104 valence electrons. The fourth-order valence-corrected chi connectivity index (χ4v) is 2.39. The largest absolute Gasteiger partial charge is 0.454 e. The molecule has 0 spiro atoms. The minimum Gasteiger partial charge on any atom is -0.454 e. The third-order valence-corrected chi connectivity index (χ3v) is 3.52. The molecule has 1 aliphatic rings. The van der Waals surface area contributed by atoms with Crippen molar-refractivity contribution in [3.05, 3.63) is 23.2 Å². The van der Waals surface area contributed by atoms with Gasteiger partial charge < -0.3 is 9.32 Å². The average molecular weight is 265 g/mol. The summed E-state index contributed by atoms with van der Waals surface area (Å²) in [5.41, 5.74) is 2.76. The Morgan fingerprint density at radius 3 is 2.95 bits per heavy atom. The van der Waals surface area contributed by atoms with Crippen molar-refractivity contribution in [3.63, 3.8) is 0 Å². The van der Waals surface area contributed by atoms with Crippen molar-refractivity contribution < 1.29 is 14.0 Å². The molecule has 0 aliphatic carbocycles. The molecule has 6 heteroatoms. The molecule has 2 rings (SSSR count). The molecule has 1 unspecified atom stereocenters. The van der Waals surface area contributed by atoms with E-state index in [2.05, 4.69) is 6.92 Å². The summed E-state index contributed by atoms with van der Waals surface area (Å²) in [6, 6.07) is 1.77. The summed E-state index contributed by atoms with van der Waals surface area (Å²) in [6.07, 6.45) is 1.60. The number of nitrogens with zero attached hydrogens (tertiary/aromatic N) is 1. The van der Waals surface area contributed by atoms with E-state index in [0.717, 1.165) is 18.5 Å². The van der Waals surface area contributed by atoms with Gasteiger partial charge >= 0.3 is 5.91 Å². The van der Waals surface area contributed by atoms with Gasteiger partial charge in [0.05, 0.1) is 6.54 Å². The number of likely N-dealkylation sites (tertiary alicyclic amines) is 1. The number of carbonyl (C=O) groups is 2. The van der Waals surface area contributed by atoms with Gasteiger partial charge in [-0.3, -0.25) is 15.0 Å². The first-order chi connectivity index (χ1) is 9.05. The van der Waals surface area contributed by atoms with Crippen molar-refractivity contribution in [1.29, 1.82) is 0 Å². The van der Waals surface area contributed by atoms with Crippen LogP contribution in [0.5, 0.6) is 0 Å². The standard InChI is InChI=1S/C13H19N3O3/c1-3-9-5-11(17)16(6-9)7-10-4-8(2)12(19-10)13(18)15-14/h4,9H,3,5-7,14H2,1-2H3,(H,15,18). The minimum absolute atomic E-state index is 0.144. The quantitative estimate of drug-likeness (QED) is 0.482. The number of furan rings is 1. The van der Waals surface area contributed by atoms with Crippen LogP contribution in [0.1, 0.15) is 41.6 Å². The third-order valence-electron chi connectivity index (χ3n) is 3.52. The lowest BCUT2D eigenvalue weighted by Crippen LogP contribution is -2.30. The Bertz CT molecular complexity index is 495. The highest BCUT2D eigenvalue weighted by atomic mass is 16.4. The molecule has 1 aliphatic heterocycles. The number of nitrogen functional groups attached to an aromatic ring is 1. The van der Waals surface area contributed by atoms with E-state index < -0.39 is 5.91 Å². The number of hydrogen-bond donors (Lipinski definition) is 2. The monoisotopic (exact) mass is 265 g/mol. The van der Waals surface area contributed by atoms with Crippen LogP contribution in [0.25, 0.3) is 0 Å². The average Bonchev–Trinajstić information content (AvgIpc) is 2.93. The molecular formula is C13H19N3O3.